The predicted octanol–water partition coefficient (Wildman–Crippen LogP) is -0.861. The number of rotatable bonds is 3. The van der Waals surface area contributed by atoms with Gasteiger partial charge in [-0.3, -0.25) is 14.5 Å². The topological polar surface area (TPSA) is 81.8 Å². The lowest BCUT2D eigenvalue weighted by molar-refractivity contribution is -0.139. The summed E-state index contributed by atoms with van der Waals surface area (Å²) >= 11 is 0. The number of nitrogens with zero attached hydrogens (tertiary/aromatic N) is 2. The van der Waals surface area contributed by atoms with Crippen molar-refractivity contribution in [1.82, 2.24) is 20.4 Å². The molecule has 0 aromatic rings. The van der Waals surface area contributed by atoms with Gasteiger partial charge in [0.05, 0.1) is 0 Å². The molecule has 3 aliphatic rings. The van der Waals surface area contributed by atoms with E-state index in [0.29, 0.717) is 13.1 Å². The van der Waals surface area contributed by atoms with Gasteiger partial charge in [-0.05, 0) is 25.7 Å². The Bertz CT molecular complexity index is 457. The molecule has 3 rings (SSSR count). The number of urea groups is 1. The highest BCUT2D eigenvalue weighted by atomic mass is 16.2. The molecular weight excluding hydrogens is 260 g/mol. The molecule has 1 unspecified atom stereocenters. The monoisotopic (exact) mass is 280 g/mol. The molecule has 2 aliphatic heterocycles. The summed E-state index contributed by atoms with van der Waals surface area (Å²) in [6, 6.07) is -0.437. The first-order valence-corrected chi connectivity index (χ1v) is 7.15. The zero-order chi connectivity index (χ0) is 14.3. The second-order valence-electron chi connectivity index (χ2n) is 5.93. The number of hydrogen-bond donors (Lipinski definition) is 2. The Morgan fingerprint density at radius 3 is 2.55 bits per heavy atom. The first kappa shape index (κ1) is 13.4. The highest BCUT2D eigenvalue weighted by Crippen LogP contribution is 2.42. The van der Waals surface area contributed by atoms with Crippen molar-refractivity contribution in [3.05, 3.63) is 0 Å². The summed E-state index contributed by atoms with van der Waals surface area (Å²) in [7, 11) is 0. The van der Waals surface area contributed by atoms with E-state index in [1.165, 1.54) is 0 Å². The van der Waals surface area contributed by atoms with Crippen LogP contribution in [0.3, 0.4) is 0 Å². The Labute approximate surface area is 117 Å². The van der Waals surface area contributed by atoms with Crippen molar-refractivity contribution < 1.29 is 14.4 Å². The molecule has 1 saturated carbocycles. The number of imide groups is 1. The molecule has 1 aliphatic carbocycles. The minimum Gasteiger partial charge on any atom is -0.339 e. The first-order chi connectivity index (χ1) is 9.52. The second-order valence-corrected chi connectivity index (χ2v) is 5.93. The molecule has 110 valence electrons. The molecule has 0 spiro atoms. The van der Waals surface area contributed by atoms with Gasteiger partial charge in [-0.25, -0.2) is 4.79 Å². The third-order valence-electron chi connectivity index (χ3n) is 4.46. The van der Waals surface area contributed by atoms with E-state index >= 15 is 0 Å². The van der Waals surface area contributed by atoms with Gasteiger partial charge in [0.15, 0.2) is 0 Å². The maximum Gasteiger partial charge on any atom is 0.325 e. The molecule has 7 nitrogen and oxygen atoms in total. The number of amides is 4. The van der Waals surface area contributed by atoms with E-state index in [-0.39, 0.29) is 24.3 Å². The minimum absolute atomic E-state index is 0.146. The third-order valence-corrected chi connectivity index (χ3v) is 4.46. The van der Waals surface area contributed by atoms with Crippen LogP contribution in [0.4, 0.5) is 4.79 Å². The zero-order valence-corrected chi connectivity index (χ0v) is 11.6. The van der Waals surface area contributed by atoms with Gasteiger partial charge in [0.1, 0.15) is 12.1 Å². The minimum atomic E-state index is -0.805. The first-order valence-electron chi connectivity index (χ1n) is 7.15. The summed E-state index contributed by atoms with van der Waals surface area (Å²) in [6.45, 7) is 4.38. The van der Waals surface area contributed by atoms with Gasteiger partial charge < -0.3 is 15.5 Å². The number of carbonyl (C=O) groups excluding carboxylic acids is 3. The van der Waals surface area contributed by atoms with Gasteiger partial charge in [-0.15, -0.1) is 0 Å². The van der Waals surface area contributed by atoms with Gasteiger partial charge in [0.2, 0.25) is 5.91 Å². The normalized spacial score (nSPS) is 30.6. The summed E-state index contributed by atoms with van der Waals surface area (Å²) in [5.41, 5.74) is -0.805. The summed E-state index contributed by atoms with van der Waals surface area (Å²) in [6.07, 6.45) is 1.92. The second kappa shape index (κ2) is 4.73. The predicted molar refractivity (Wildman–Crippen MR) is 70.8 cm³/mol. The van der Waals surface area contributed by atoms with Crippen molar-refractivity contribution in [2.24, 2.45) is 5.92 Å². The van der Waals surface area contributed by atoms with E-state index in [2.05, 4.69) is 10.6 Å². The van der Waals surface area contributed by atoms with E-state index in [0.717, 1.165) is 30.8 Å². The van der Waals surface area contributed by atoms with Gasteiger partial charge in [0, 0.05) is 26.2 Å². The fraction of sp³-hybridized carbons (Fsp3) is 0.769. The van der Waals surface area contributed by atoms with Crippen LogP contribution in [0.2, 0.25) is 0 Å². The number of carbonyl (C=O) groups is 3. The number of hydrogen-bond acceptors (Lipinski definition) is 4. The molecule has 1 atom stereocenters. The van der Waals surface area contributed by atoms with Crippen LogP contribution in [-0.2, 0) is 9.59 Å². The van der Waals surface area contributed by atoms with E-state index < -0.39 is 11.6 Å². The van der Waals surface area contributed by atoms with Gasteiger partial charge in [0.25, 0.3) is 5.91 Å². The van der Waals surface area contributed by atoms with Crippen LogP contribution < -0.4 is 10.6 Å². The molecule has 20 heavy (non-hydrogen) atoms. The quantitative estimate of drug-likeness (QED) is 0.659. The summed E-state index contributed by atoms with van der Waals surface area (Å²) < 4.78 is 0. The molecule has 0 bridgehead atoms. The fourth-order valence-electron chi connectivity index (χ4n) is 2.95. The van der Waals surface area contributed by atoms with Crippen LogP contribution in [-0.4, -0.2) is 65.9 Å². The highest BCUT2D eigenvalue weighted by Gasteiger charge is 2.56. The Kier molecular flexibility index (Phi) is 3.16. The van der Waals surface area contributed by atoms with Crippen molar-refractivity contribution >= 4 is 17.8 Å². The van der Waals surface area contributed by atoms with Crippen LogP contribution in [0.15, 0.2) is 0 Å². The smallest absolute Gasteiger partial charge is 0.325 e. The number of piperazine rings is 1. The maximum atomic E-state index is 12.4. The Morgan fingerprint density at radius 2 is 1.95 bits per heavy atom. The van der Waals surface area contributed by atoms with Crippen molar-refractivity contribution in [1.29, 1.82) is 0 Å². The standard InChI is InChI=1S/C13H20N4O3/c1-13(9-2-3-9)11(19)17(12(20)15-13)8-10(18)16-6-4-14-5-7-16/h9,14H,2-8H2,1H3,(H,15,20). The lowest BCUT2D eigenvalue weighted by Crippen LogP contribution is -2.51. The summed E-state index contributed by atoms with van der Waals surface area (Å²) in [4.78, 5) is 39.3. The summed E-state index contributed by atoms with van der Waals surface area (Å²) in [5.74, 6) is -0.193. The van der Waals surface area contributed by atoms with Crippen molar-refractivity contribution in [3.63, 3.8) is 0 Å². The van der Waals surface area contributed by atoms with Crippen molar-refractivity contribution in [3.8, 4) is 0 Å². The van der Waals surface area contributed by atoms with E-state index in [9.17, 15) is 14.4 Å². The Morgan fingerprint density at radius 1 is 1.30 bits per heavy atom. The molecule has 2 heterocycles. The van der Waals surface area contributed by atoms with Crippen molar-refractivity contribution in [2.75, 3.05) is 32.7 Å². The van der Waals surface area contributed by atoms with Gasteiger partial charge >= 0.3 is 6.03 Å². The molecule has 7 heteroatoms. The largest absolute Gasteiger partial charge is 0.339 e. The molecular formula is C13H20N4O3. The average molecular weight is 280 g/mol. The Balaban J connectivity index is 1.66. The maximum absolute atomic E-state index is 12.4. The zero-order valence-electron chi connectivity index (χ0n) is 11.6. The van der Waals surface area contributed by atoms with Crippen LogP contribution in [0.1, 0.15) is 19.8 Å². The average Bonchev–Trinajstić information content (AvgIpc) is 3.26. The van der Waals surface area contributed by atoms with Gasteiger partial charge in [-0.2, -0.15) is 0 Å². The van der Waals surface area contributed by atoms with Crippen LogP contribution >= 0.6 is 0 Å². The van der Waals surface area contributed by atoms with Crippen LogP contribution in [0.25, 0.3) is 0 Å². The third kappa shape index (κ3) is 2.15. The molecule has 2 saturated heterocycles. The molecule has 0 aromatic heterocycles. The van der Waals surface area contributed by atoms with Crippen molar-refractivity contribution in [2.45, 2.75) is 25.3 Å². The van der Waals surface area contributed by atoms with Crippen LogP contribution in [0, 0.1) is 5.92 Å². The molecule has 3 fully saturated rings. The van der Waals surface area contributed by atoms with E-state index in [1.54, 1.807) is 11.8 Å². The summed E-state index contributed by atoms with van der Waals surface area (Å²) in [5, 5.41) is 5.92. The lowest BCUT2D eigenvalue weighted by Gasteiger charge is -2.28. The molecule has 2 N–H and O–H groups in total. The lowest BCUT2D eigenvalue weighted by atomic mass is 9.96. The van der Waals surface area contributed by atoms with Gasteiger partial charge in [-0.1, -0.05) is 0 Å². The molecule has 4 amide bonds. The highest BCUT2D eigenvalue weighted by molar-refractivity contribution is 6.09. The fourth-order valence-corrected chi connectivity index (χ4v) is 2.95. The molecule has 0 radical (unpaired) electrons. The van der Waals surface area contributed by atoms with E-state index in [1.807, 2.05) is 0 Å². The molecule has 0 aromatic carbocycles. The SMILES string of the molecule is CC1(C2CC2)NC(=O)N(CC(=O)N2CCNCC2)C1=O. The van der Waals surface area contributed by atoms with E-state index in [4.69, 9.17) is 0 Å². The number of nitrogens with one attached hydrogen (secondary N) is 2. The Hall–Kier alpha value is -1.63. The van der Waals surface area contributed by atoms with Crippen LogP contribution in [0.5, 0.6) is 0 Å².